The summed E-state index contributed by atoms with van der Waals surface area (Å²) in [7, 11) is 0. The molecule has 0 bridgehead atoms. The zero-order valence-corrected chi connectivity index (χ0v) is 8.08. The van der Waals surface area contributed by atoms with Gasteiger partial charge in [-0.15, -0.1) is 0 Å². The largest absolute Gasteiger partial charge is 0.197 e. The normalized spacial score (nSPS) is 32.5. The average Bonchev–Trinajstić information content (AvgIpc) is 2.81. The van der Waals surface area contributed by atoms with Crippen molar-refractivity contribution in [1.82, 2.24) is 0 Å². The Morgan fingerprint density at radius 1 is 1.42 bits per heavy atom. The first-order chi connectivity index (χ1) is 5.76. The van der Waals surface area contributed by atoms with E-state index in [0.717, 1.165) is 6.42 Å². The predicted molar refractivity (Wildman–Crippen MR) is 51.1 cm³/mol. The van der Waals surface area contributed by atoms with Gasteiger partial charge in [0.1, 0.15) is 4.32 Å². The van der Waals surface area contributed by atoms with E-state index in [1.165, 1.54) is 5.56 Å². The fourth-order valence-electron chi connectivity index (χ4n) is 1.43. The van der Waals surface area contributed by atoms with Crippen molar-refractivity contribution in [1.29, 1.82) is 5.26 Å². The molecule has 2 atom stereocenters. The van der Waals surface area contributed by atoms with E-state index in [2.05, 4.69) is 34.1 Å². The van der Waals surface area contributed by atoms with Crippen molar-refractivity contribution in [2.45, 2.75) is 16.7 Å². The van der Waals surface area contributed by atoms with Crippen LogP contribution in [0.1, 0.15) is 17.9 Å². The number of nitrogens with zero attached hydrogens (tertiary/aromatic N) is 1. The Morgan fingerprint density at radius 3 is 2.58 bits per heavy atom. The summed E-state index contributed by atoms with van der Waals surface area (Å²) in [6, 6.07) is 12.4. The van der Waals surface area contributed by atoms with Crippen LogP contribution >= 0.6 is 15.9 Å². The molecule has 60 valence electrons. The molecule has 0 heterocycles. The van der Waals surface area contributed by atoms with Crippen molar-refractivity contribution in [2.24, 2.45) is 0 Å². The third-order valence-corrected chi connectivity index (χ3v) is 3.33. The highest BCUT2D eigenvalue weighted by molar-refractivity contribution is 9.10. The van der Waals surface area contributed by atoms with Crippen LogP contribution in [0.15, 0.2) is 30.3 Å². The highest BCUT2D eigenvalue weighted by Crippen LogP contribution is 2.57. The molecular weight excluding hydrogens is 214 g/mol. The summed E-state index contributed by atoms with van der Waals surface area (Å²) >= 11 is 3.43. The summed E-state index contributed by atoms with van der Waals surface area (Å²) in [5.74, 6) is 0.392. The second-order valence-electron chi connectivity index (χ2n) is 3.14. The molecule has 12 heavy (non-hydrogen) atoms. The van der Waals surface area contributed by atoms with Gasteiger partial charge in [-0.05, 0) is 12.0 Å². The van der Waals surface area contributed by atoms with Crippen molar-refractivity contribution in [3.63, 3.8) is 0 Å². The Labute approximate surface area is 80.1 Å². The van der Waals surface area contributed by atoms with E-state index in [9.17, 15) is 0 Å². The summed E-state index contributed by atoms with van der Waals surface area (Å²) in [5, 5.41) is 8.80. The summed E-state index contributed by atoms with van der Waals surface area (Å²) in [6.45, 7) is 0. The molecule has 1 aromatic rings. The van der Waals surface area contributed by atoms with Crippen LogP contribution in [0.2, 0.25) is 0 Å². The SMILES string of the molecule is N#C[C@]1(Br)C[C@H]1c1ccccc1. The Hall–Kier alpha value is -0.810. The van der Waals surface area contributed by atoms with Crippen molar-refractivity contribution < 1.29 is 0 Å². The molecule has 1 aromatic carbocycles. The first-order valence-corrected chi connectivity index (χ1v) is 4.71. The molecule has 0 aromatic heterocycles. The van der Waals surface area contributed by atoms with Crippen molar-refractivity contribution in [3.8, 4) is 6.07 Å². The summed E-state index contributed by atoms with van der Waals surface area (Å²) in [5.41, 5.74) is 1.26. The van der Waals surface area contributed by atoms with Crippen LogP contribution in [0, 0.1) is 11.3 Å². The minimum absolute atomic E-state index is 0.269. The van der Waals surface area contributed by atoms with Crippen LogP contribution in [0.5, 0.6) is 0 Å². The van der Waals surface area contributed by atoms with Gasteiger partial charge < -0.3 is 0 Å². The molecule has 2 heteroatoms. The van der Waals surface area contributed by atoms with Crippen LogP contribution in [-0.2, 0) is 0 Å². The van der Waals surface area contributed by atoms with E-state index in [4.69, 9.17) is 5.26 Å². The quantitative estimate of drug-likeness (QED) is 0.670. The smallest absolute Gasteiger partial charge is 0.120 e. The first-order valence-electron chi connectivity index (χ1n) is 3.91. The maximum Gasteiger partial charge on any atom is 0.120 e. The summed E-state index contributed by atoms with van der Waals surface area (Å²) < 4.78 is -0.269. The van der Waals surface area contributed by atoms with Crippen LogP contribution < -0.4 is 0 Å². The number of rotatable bonds is 1. The maximum absolute atomic E-state index is 8.80. The lowest BCUT2D eigenvalue weighted by atomic mass is 10.1. The van der Waals surface area contributed by atoms with E-state index >= 15 is 0 Å². The highest BCUT2D eigenvalue weighted by atomic mass is 79.9. The minimum atomic E-state index is -0.269. The molecule has 1 aliphatic rings. The number of hydrogen-bond acceptors (Lipinski definition) is 1. The topological polar surface area (TPSA) is 23.8 Å². The number of alkyl halides is 1. The molecule has 0 spiro atoms. The van der Waals surface area contributed by atoms with E-state index < -0.39 is 0 Å². The van der Waals surface area contributed by atoms with Gasteiger partial charge in [0.15, 0.2) is 0 Å². The van der Waals surface area contributed by atoms with Gasteiger partial charge in [0.25, 0.3) is 0 Å². The second kappa shape index (κ2) is 2.60. The molecule has 1 saturated carbocycles. The molecule has 2 rings (SSSR count). The number of halogens is 1. The number of hydrogen-bond donors (Lipinski definition) is 0. The molecule has 1 nitrogen and oxygen atoms in total. The number of nitriles is 1. The molecule has 0 aliphatic heterocycles. The van der Waals surface area contributed by atoms with Crippen molar-refractivity contribution in [3.05, 3.63) is 35.9 Å². The van der Waals surface area contributed by atoms with Gasteiger partial charge >= 0.3 is 0 Å². The average molecular weight is 222 g/mol. The monoisotopic (exact) mass is 221 g/mol. The standard InChI is InChI=1S/C10H8BrN/c11-10(7-12)6-9(10)8-4-2-1-3-5-8/h1-5,9H,6H2/t9-,10+/m0/s1. The summed E-state index contributed by atoms with van der Waals surface area (Å²) in [4.78, 5) is 0. The molecule has 1 aliphatic carbocycles. The van der Waals surface area contributed by atoms with Crippen molar-refractivity contribution >= 4 is 15.9 Å². The Morgan fingerprint density at radius 2 is 2.08 bits per heavy atom. The molecule has 0 saturated heterocycles. The fraction of sp³-hybridized carbons (Fsp3) is 0.300. The molecule has 0 amide bonds. The predicted octanol–water partition coefficient (Wildman–Crippen LogP) is 2.83. The lowest BCUT2D eigenvalue weighted by Crippen LogP contribution is -1.94. The van der Waals surface area contributed by atoms with E-state index in [1.54, 1.807) is 0 Å². The number of benzene rings is 1. The second-order valence-corrected chi connectivity index (χ2v) is 4.56. The van der Waals surface area contributed by atoms with Gasteiger partial charge in [0, 0.05) is 5.92 Å². The molecule has 1 fully saturated rings. The molecular formula is C10H8BrN. The first kappa shape index (κ1) is 7.82. The van der Waals surface area contributed by atoms with E-state index in [-0.39, 0.29) is 4.32 Å². The van der Waals surface area contributed by atoms with Crippen molar-refractivity contribution in [2.75, 3.05) is 0 Å². The summed E-state index contributed by atoms with van der Waals surface area (Å²) in [6.07, 6.45) is 0.938. The van der Waals surface area contributed by atoms with E-state index in [1.807, 2.05) is 18.2 Å². The Kier molecular flexibility index (Phi) is 1.69. The fourth-order valence-corrected chi connectivity index (χ4v) is 2.02. The Bertz CT molecular complexity index is 327. The zero-order valence-electron chi connectivity index (χ0n) is 6.50. The zero-order chi connectivity index (χ0) is 8.60. The molecule has 0 unspecified atom stereocenters. The lowest BCUT2D eigenvalue weighted by Gasteiger charge is -1.98. The van der Waals surface area contributed by atoms with E-state index in [0.29, 0.717) is 5.92 Å². The van der Waals surface area contributed by atoms with Crippen LogP contribution in [-0.4, -0.2) is 4.32 Å². The minimum Gasteiger partial charge on any atom is -0.197 e. The third-order valence-electron chi connectivity index (χ3n) is 2.28. The van der Waals surface area contributed by atoms with Crippen LogP contribution in [0.4, 0.5) is 0 Å². The highest BCUT2D eigenvalue weighted by Gasteiger charge is 2.53. The van der Waals surface area contributed by atoms with Crippen LogP contribution in [0.25, 0.3) is 0 Å². The van der Waals surface area contributed by atoms with Gasteiger partial charge in [-0.1, -0.05) is 46.3 Å². The van der Waals surface area contributed by atoms with Gasteiger partial charge in [-0.25, -0.2) is 0 Å². The maximum atomic E-state index is 8.80. The molecule has 0 N–H and O–H groups in total. The van der Waals surface area contributed by atoms with Crippen LogP contribution in [0.3, 0.4) is 0 Å². The lowest BCUT2D eigenvalue weighted by molar-refractivity contribution is 1.08. The van der Waals surface area contributed by atoms with Gasteiger partial charge in [0.2, 0.25) is 0 Å². The third kappa shape index (κ3) is 1.15. The van der Waals surface area contributed by atoms with Gasteiger partial charge in [0.05, 0.1) is 6.07 Å². The van der Waals surface area contributed by atoms with Gasteiger partial charge in [-0.2, -0.15) is 5.26 Å². The molecule has 0 radical (unpaired) electrons. The van der Waals surface area contributed by atoms with Gasteiger partial charge in [-0.3, -0.25) is 0 Å². The Balaban J connectivity index is 2.23.